The van der Waals surface area contributed by atoms with Crippen molar-refractivity contribution in [2.75, 3.05) is 23.4 Å². The fourth-order valence-electron chi connectivity index (χ4n) is 3.03. The Labute approximate surface area is 129 Å². The summed E-state index contributed by atoms with van der Waals surface area (Å²) < 4.78 is 0. The Kier molecular flexibility index (Phi) is 4.18. The molecule has 1 saturated heterocycles. The fraction of sp³-hybridized carbons (Fsp3) is 0.533. The van der Waals surface area contributed by atoms with Crippen molar-refractivity contribution in [2.24, 2.45) is 11.0 Å². The normalized spacial score (nSPS) is 24.2. The van der Waals surface area contributed by atoms with E-state index in [2.05, 4.69) is 33.9 Å². The molecule has 2 heterocycles. The largest absolute Gasteiger partial charge is 0.321 e. The van der Waals surface area contributed by atoms with Crippen molar-refractivity contribution in [1.29, 1.82) is 0 Å². The van der Waals surface area contributed by atoms with Crippen molar-refractivity contribution in [3.63, 3.8) is 0 Å². The molecule has 22 heavy (non-hydrogen) atoms. The van der Waals surface area contributed by atoms with Crippen LogP contribution in [0.25, 0.3) is 10.4 Å². The second-order valence-corrected chi connectivity index (χ2v) is 6.04. The summed E-state index contributed by atoms with van der Waals surface area (Å²) in [5.41, 5.74) is 18.1. The Morgan fingerprint density at radius 2 is 2.36 bits per heavy atom. The molecule has 1 aromatic carbocycles. The van der Waals surface area contributed by atoms with Gasteiger partial charge in [0.1, 0.15) is 0 Å². The Bertz CT molecular complexity index is 624. The summed E-state index contributed by atoms with van der Waals surface area (Å²) in [6, 6.07) is 6.49. The molecule has 1 aromatic rings. The van der Waals surface area contributed by atoms with Gasteiger partial charge in [-0.05, 0) is 55.0 Å². The minimum absolute atomic E-state index is 0.103. The van der Waals surface area contributed by atoms with Crippen molar-refractivity contribution in [1.82, 2.24) is 5.43 Å². The van der Waals surface area contributed by atoms with Gasteiger partial charge in [0, 0.05) is 36.2 Å². The summed E-state index contributed by atoms with van der Waals surface area (Å²) in [6.07, 6.45) is 2.48. The molecule has 0 saturated carbocycles. The maximum Gasteiger partial charge on any atom is 0.227 e. The molecule has 0 aliphatic carbocycles. The number of carbonyl (C=O) groups is 1. The van der Waals surface area contributed by atoms with E-state index in [4.69, 9.17) is 5.53 Å². The van der Waals surface area contributed by atoms with E-state index in [1.54, 1.807) is 4.90 Å². The number of hydrazine groups is 1. The van der Waals surface area contributed by atoms with Gasteiger partial charge >= 0.3 is 0 Å². The van der Waals surface area contributed by atoms with E-state index in [1.807, 2.05) is 12.1 Å². The number of hydrogen-bond acceptors (Lipinski definition) is 4. The number of carbonyl (C=O) groups excluding carboxylic acids is 1. The molecule has 0 spiro atoms. The van der Waals surface area contributed by atoms with E-state index in [-0.39, 0.29) is 11.8 Å². The van der Waals surface area contributed by atoms with Crippen molar-refractivity contribution in [3.8, 4) is 0 Å². The van der Waals surface area contributed by atoms with Gasteiger partial charge in [-0.3, -0.25) is 4.79 Å². The first-order valence-corrected chi connectivity index (χ1v) is 7.63. The number of anilines is 2. The molecule has 1 amide bonds. The smallest absolute Gasteiger partial charge is 0.227 e. The molecule has 2 aliphatic heterocycles. The minimum atomic E-state index is 0.103. The topological polar surface area (TPSA) is 93.1 Å². The number of azide groups is 1. The summed E-state index contributed by atoms with van der Waals surface area (Å²) in [6.45, 7) is 3.15. The van der Waals surface area contributed by atoms with Crippen LogP contribution in [0, 0.1) is 5.92 Å². The van der Waals surface area contributed by atoms with Gasteiger partial charge in [0.15, 0.2) is 0 Å². The third-order valence-corrected chi connectivity index (χ3v) is 4.31. The summed E-state index contributed by atoms with van der Waals surface area (Å²) in [4.78, 5) is 16.8. The summed E-state index contributed by atoms with van der Waals surface area (Å²) in [5, 5.41) is 3.59. The minimum Gasteiger partial charge on any atom is -0.321 e. The van der Waals surface area contributed by atoms with Crippen molar-refractivity contribution in [2.45, 2.75) is 32.2 Å². The monoisotopic (exact) mass is 300 g/mol. The van der Waals surface area contributed by atoms with Crippen LogP contribution < -0.4 is 15.8 Å². The number of nitrogens with zero attached hydrogens (tertiary/aromatic N) is 4. The quantitative estimate of drug-likeness (QED) is 0.510. The third kappa shape index (κ3) is 3.00. The van der Waals surface area contributed by atoms with E-state index >= 15 is 0 Å². The molecule has 7 heteroatoms. The summed E-state index contributed by atoms with van der Waals surface area (Å²) >= 11 is 0. The molecule has 0 aromatic heterocycles. The van der Waals surface area contributed by atoms with Crippen LogP contribution in [-0.4, -0.2) is 25.0 Å². The lowest BCUT2D eigenvalue weighted by atomic mass is 10.0. The molecule has 0 radical (unpaired) electrons. The molecular weight excluding hydrogens is 280 g/mol. The zero-order chi connectivity index (χ0) is 15.5. The maximum atomic E-state index is 12.2. The number of fused-ring (bicyclic) bond motifs is 1. The van der Waals surface area contributed by atoms with Crippen LogP contribution in [0.1, 0.15) is 25.3 Å². The van der Waals surface area contributed by atoms with Gasteiger partial charge in [0.25, 0.3) is 0 Å². The predicted molar refractivity (Wildman–Crippen MR) is 85.5 cm³/mol. The second-order valence-electron chi connectivity index (χ2n) is 6.04. The van der Waals surface area contributed by atoms with Gasteiger partial charge in [-0.25, -0.2) is 5.43 Å². The number of amides is 1. The lowest BCUT2D eigenvalue weighted by Crippen LogP contribution is -2.29. The predicted octanol–water partition coefficient (Wildman–Crippen LogP) is 2.60. The highest BCUT2D eigenvalue weighted by Gasteiger charge is 2.30. The maximum absolute atomic E-state index is 12.2. The second kappa shape index (κ2) is 6.25. The lowest BCUT2D eigenvalue weighted by Gasteiger charge is -2.19. The SMILES string of the molecule is CC1CCc2cc(N3CC(CN=[N+]=[N-])CC3=O)ccc2NN1. The molecule has 116 valence electrons. The number of aryl methyl sites for hydroxylation is 1. The first-order valence-electron chi connectivity index (χ1n) is 7.63. The highest BCUT2D eigenvalue weighted by Crippen LogP contribution is 2.30. The standard InChI is InChI=1S/C15H20N6O/c1-10-2-3-12-7-13(4-5-14(12)19-18-10)21-9-11(6-15(21)22)8-17-20-16/h4-5,7,10-11,18-19H,2-3,6,8-9H2,1H3. The number of benzene rings is 1. The Morgan fingerprint density at radius 3 is 3.18 bits per heavy atom. The van der Waals surface area contributed by atoms with E-state index in [1.165, 1.54) is 5.56 Å². The average molecular weight is 300 g/mol. The Balaban J connectivity index is 1.78. The Morgan fingerprint density at radius 1 is 1.50 bits per heavy atom. The van der Waals surface area contributed by atoms with Gasteiger partial charge in [0.2, 0.25) is 5.91 Å². The zero-order valence-corrected chi connectivity index (χ0v) is 12.6. The molecule has 0 bridgehead atoms. The van der Waals surface area contributed by atoms with Crippen LogP contribution in [0.15, 0.2) is 23.3 Å². The van der Waals surface area contributed by atoms with Crippen molar-refractivity contribution >= 4 is 17.3 Å². The van der Waals surface area contributed by atoms with Crippen LogP contribution >= 0.6 is 0 Å². The van der Waals surface area contributed by atoms with Gasteiger partial charge < -0.3 is 10.3 Å². The first kappa shape index (κ1) is 14.7. The number of hydrogen-bond donors (Lipinski definition) is 2. The molecule has 2 aliphatic rings. The van der Waals surface area contributed by atoms with E-state index in [0.717, 1.165) is 24.2 Å². The lowest BCUT2D eigenvalue weighted by molar-refractivity contribution is -0.117. The van der Waals surface area contributed by atoms with Crippen LogP contribution in [0.3, 0.4) is 0 Å². The molecule has 2 atom stereocenters. The van der Waals surface area contributed by atoms with Gasteiger partial charge in [-0.15, -0.1) is 0 Å². The van der Waals surface area contributed by atoms with Gasteiger partial charge in [-0.2, -0.15) is 0 Å². The molecule has 3 rings (SSSR count). The highest BCUT2D eigenvalue weighted by atomic mass is 16.2. The average Bonchev–Trinajstić information content (AvgIpc) is 2.79. The van der Waals surface area contributed by atoms with E-state index in [9.17, 15) is 4.79 Å². The van der Waals surface area contributed by atoms with Crippen LogP contribution in [0.4, 0.5) is 11.4 Å². The summed E-state index contributed by atoms with van der Waals surface area (Å²) in [5.74, 6) is 0.216. The number of rotatable bonds is 3. The molecular formula is C15H20N6O. The fourth-order valence-corrected chi connectivity index (χ4v) is 3.03. The van der Waals surface area contributed by atoms with E-state index in [0.29, 0.717) is 25.6 Å². The highest BCUT2D eigenvalue weighted by molar-refractivity contribution is 5.96. The molecule has 2 unspecified atom stereocenters. The molecule has 1 fully saturated rings. The number of nitrogens with one attached hydrogen (secondary N) is 2. The third-order valence-electron chi connectivity index (χ3n) is 4.31. The van der Waals surface area contributed by atoms with Gasteiger partial charge in [-0.1, -0.05) is 5.11 Å². The van der Waals surface area contributed by atoms with Crippen LogP contribution in [0.2, 0.25) is 0 Å². The van der Waals surface area contributed by atoms with E-state index < -0.39 is 0 Å². The van der Waals surface area contributed by atoms with Crippen LogP contribution in [-0.2, 0) is 11.2 Å². The first-order chi connectivity index (χ1) is 10.7. The molecule has 7 nitrogen and oxygen atoms in total. The van der Waals surface area contributed by atoms with Crippen molar-refractivity contribution in [3.05, 3.63) is 34.2 Å². The Hall–Kier alpha value is -2.24. The van der Waals surface area contributed by atoms with Gasteiger partial charge in [0.05, 0.1) is 5.69 Å². The van der Waals surface area contributed by atoms with Crippen LogP contribution in [0.5, 0.6) is 0 Å². The molecule has 2 N–H and O–H groups in total. The van der Waals surface area contributed by atoms with Crippen molar-refractivity contribution < 1.29 is 4.79 Å². The zero-order valence-electron chi connectivity index (χ0n) is 12.6. The summed E-state index contributed by atoms with van der Waals surface area (Å²) in [7, 11) is 0.